The zero-order valence-corrected chi connectivity index (χ0v) is 9.69. The molecule has 0 saturated heterocycles. The number of dihydropyridines is 1. The molecule has 0 amide bonds. The van der Waals surface area contributed by atoms with Crippen molar-refractivity contribution in [3.63, 3.8) is 0 Å². The second kappa shape index (κ2) is 4.93. The van der Waals surface area contributed by atoms with E-state index in [-0.39, 0.29) is 12.8 Å². The smallest absolute Gasteiger partial charge is 0.384 e. The molecule has 0 spiro atoms. The van der Waals surface area contributed by atoms with Gasteiger partial charge in [0.1, 0.15) is 5.41 Å². The van der Waals surface area contributed by atoms with Crippen molar-refractivity contribution >= 4 is 0 Å². The van der Waals surface area contributed by atoms with Crippen LogP contribution in [0.15, 0.2) is 23.9 Å². The monoisotopic (exact) mass is 233 g/mol. The molecule has 0 unspecified atom stereocenters. The predicted molar refractivity (Wildman–Crippen MR) is 58.9 cm³/mol. The zero-order chi connectivity index (χ0) is 12.2. The molecule has 1 aliphatic carbocycles. The Hall–Kier alpha value is -0.930. The van der Waals surface area contributed by atoms with Crippen LogP contribution in [0.5, 0.6) is 0 Å². The summed E-state index contributed by atoms with van der Waals surface area (Å²) in [4.78, 5) is 0. The highest BCUT2D eigenvalue weighted by atomic mass is 19.4. The van der Waals surface area contributed by atoms with Gasteiger partial charge in [0.2, 0.25) is 0 Å². The summed E-state index contributed by atoms with van der Waals surface area (Å²) in [6.45, 7) is 4.50. The van der Waals surface area contributed by atoms with E-state index in [1.165, 1.54) is 0 Å². The molecule has 0 radical (unpaired) electrons. The summed E-state index contributed by atoms with van der Waals surface area (Å²) in [7, 11) is 0. The van der Waals surface area contributed by atoms with Gasteiger partial charge >= 0.3 is 6.18 Å². The third-order valence-electron chi connectivity index (χ3n) is 3.07. The van der Waals surface area contributed by atoms with Gasteiger partial charge in [0.05, 0.1) is 0 Å². The van der Waals surface area contributed by atoms with Crippen LogP contribution in [-0.2, 0) is 0 Å². The fraction of sp³-hybridized carbons (Fsp3) is 0.667. The maximum atomic E-state index is 12.8. The first-order valence-corrected chi connectivity index (χ1v) is 5.74. The molecule has 16 heavy (non-hydrogen) atoms. The minimum atomic E-state index is -4.12. The first kappa shape index (κ1) is 13.1. The Morgan fingerprint density at radius 3 is 2.19 bits per heavy atom. The van der Waals surface area contributed by atoms with Gasteiger partial charge in [-0.3, -0.25) is 0 Å². The number of halogens is 3. The Kier molecular flexibility index (Phi) is 4.05. The van der Waals surface area contributed by atoms with Crippen LogP contribution in [0.4, 0.5) is 13.2 Å². The maximum Gasteiger partial charge on any atom is 0.399 e. The van der Waals surface area contributed by atoms with Crippen LogP contribution < -0.4 is 5.32 Å². The van der Waals surface area contributed by atoms with Gasteiger partial charge in [-0.15, -0.1) is 0 Å². The number of alkyl halides is 3. The van der Waals surface area contributed by atoms with E-state index < -0.39 is 11.6 Å². The van der Waals surface area contributed by atoms with Gasteiger partial charge in [0.25, 0.3) is 0 Å². The van der Waals surface area contributed by atoms with Crippen molar-refractivity contribution in [3.05, 3.63) is 23.9 Å². The summed E-state index contributed by atoms with van der Waals surface area (Å²) in [5.74, 6) is 0. The molecule has 0 aromatic rings. The number of nitrogens with one attached hydrogen (secondary N) is 1. The van der Waals surface area contributed by atoms with Crippen LogP contribution >= 0.6 is 0 Å². The molecule has 1 N–H and O–H groups in total. The molecule has 1 saturated carbocycles. The quantitative estimate of drug-likeness (QED) is 0.726. The summed E-state index contributed by atoms with van der Waals surface area (Å²) < 4.78 is 38.5. The summed E-state index contributed by atoms with van der Waals surface area (Å²) >= 11 is 0. The number of allylic oxidation sites excluding steroid dienone is 3. The van der Waals surface area contributed by atoms with Gasteiger partial charge in [-0.1, -0.05) is 32.4 Å². The van der Waals surface area contributed by atoms with Crippen LogP contribution in [-0.4, -0.2) is 12.7 Å². The first-order valence-electron chi connectivity index (χ1n) is 5.74. The number of hydrogen-bond donors (Lipinski definition) is 1. The van der Waals surface area contributed by atoms with Crippen molar-refractivity contribution in [2.45, 2.75) is 39.3 Å². The summed E-state index contributed by atoms with van der Waals surface area (Å²) in [6, 6.07) is 0. The second-order valence-electron chi connectivity index (χ2n) is 3.82. The fourth-order valence-corrected chi connectivity index (χ4v) is 2.02. The van der Waals surface area contributed by atoms with Crippen molar-refractivity contribution in [2.75, 3.05) is 6.54 Å². The van der Waals surface area contributed by atoms with Crippen LogP contribution in [0.1, 0.15) is 33.1 Å². The molecule has 2 rings (SSSR count). The normalized spacial score (nSPS) is 22.2. The number of hydrogen-bond acceptors (Lipinski definition) is 1. The van der Waals surface area contributed by atoms with E-state index in [1.54, 1.807) is 12.2 Å². The van der Waals surface area contributed by atoms with Crippen LogP contribution in [0.25, 0.3) is 0 Å². The highest BCUT2D eigenvalue weighted by Crippen LogP contribution is 2.56. The molecular weight excluding hydrogens is 215 g/mol. The molecule has 0 aromatic carbocycles. The Morgan fingerprint density at radius 1 is 1.25 bits per heavy atom. The lowest BCUT2D eigenvalue weighted by Gasteiger charge is -2.45. The third-order valence-corrected chi connectivity index (χ3v) is 3.07. The van der Waals surface area contributed by atoms with Gasteiger partial charge in [-0.05, 0) is 18.9 Å². The highest BCUT2D eigenvalue weighted by molar-refractivity contribution is 5.27. The average Bonchev–Trinajstić information content (AvgIpc) is 2.18. The standard InChI is InChI=1S/C10H12F3N.C2H6/c11-10(12,13)9(5-3-6-9)8-4-1-2-7-14-8;1-2/h1-2,4,14H,3,5-7H2;1-2H3. The van der Waals surface area contributed by atoms with Gasteiger partial charge in [-0.25, -0.2) is 0 Å². The predicted octanol–water partition coefficient (Wildman–Crippen LogP) is 3.79. The molecule has 0 bridgehead atoms. The van der Waals surface area contributed by atoms with E-state index in [0.29, 0.717) is 18.7 Å². The minimum Gasteiger partial charge on any atom is -0.384 e. The lowest BCUT2D eigenvalue weighted by atomic mass is 9.65. The average molecular weight is 233 g/mol. The van der Waals surface area contributed by atoms with E-state index in [2.05, 4.69) is 5.32 Å². The van der Waals surface area contributed by atoms with Crippen molar-refractivity contribution in [1.29, 1.82) is 0 Å². The third kappa shape index (κ3) is 2.11. The molecule has 0 aromatic heterocycles. The van der Waals surface area contributed by atoms with E-state index in [1.807, 2.05) is 19.9 Å². The van der Waals surface area contributed by atoms with Gasteiger partial charge < -0.3 is 5.32 Å². The molecular formula is C12H18F3N. The van der Waals surface area contributed by atoms with E-state index >= 15 is 0 Å². The van der Waals surface area contributed by atoms with Crippen LogP contribution in [0.3, 0.4) is 0 Å². The summed E-state index contributed by atoms with van der Waals surface area (Å²) in [5, 5.41) is 2.82. The molecule has 0 atom stereocenters. The van der Waals surface area contributed by atoms with Crippen LogP contribution in [0, 0.1) is 5.41 Å². The molecule has 92 valence electrons. The second-order valence-corrected chi connectivity index (χ2v) is 3.82. The van der Waals surface area contributed by atoms with Gasteiger partial charge in [-0.2, -0.15) is 13.2 Å². The van der Waals surface area contributed by atoms with Crippen molar-refractivity contribution in [2.24, 2.45) is 5.41 Å². The molecule has 4 heteroatoms. The van der Waals surface area contributed by atoms with Crippen molar-refractivity contribution < 1.29 is 13.2 Å². The van der Waals surface area contributed by atoms with E-state index in [9.17, 15) is 13.2 Å². The Morgan fingerprint density at radius 2 is 1.88 bits per heavy atom. The maximum absolute atomic E-state index is 12.8. The summed E-state index contributed by atoms with van der Waals surface area (Å²) in [5.41, 5.74) is -1.23. The Bertz CT molecular complexity index is 285. The molecule has 1 aliphatic heterocycles. The Labute approximate surface area is 94.4 Å². The minimum absolute atomic E-state index is 0.225. The molecule has 2 aliphatic rings. The lowest BCUT2D eigenvalue weighted by Crippen LogP contribution is -2.49. The SMILES string of the molecule is CC.FC(F)(F)C1(C2=CC=CCN2)CCC1. The van der Waals surface area contributed by atoms with Gasteiger partial charge in [0.15, 0.2) is 0 Å². The molecule has 1 fully saturated rings. The lowest BCUT2D eigenvalue weighted by molar-refractivity contribution is -0.236. The van der Waals surface area contributed by atoms with Crippen LogP contribution in [0.2, 0.25) is 0 Å². The highest BCUT2D eigenvalue weighted by Gasteiger charge is 2.60. The number of rotatable bonds is 1. The largest absolute Gasteiger partial charge is 0.399 e. The fourth-order valence-electron chi connectivity index (χ4n) is 2.02. The molecule has 1 heterocycles. The van der Waals surface area contributed by atoms with E-state index in [4.69, 9.17) is 0 Å². The zero-order valence-electron chi connectivity index (χ0n) is 9.69. The van der Waals surface area contributed by atoms with Gasteiger partial charge in [0, 0.05) is 12.2 Å². The topological polar surface area (TPSA) is 12.0 Å². The summed E-state index contributed by atoms with van der Waals surface area (Å²) in [6.07, 6.45) is 2.06. The van der Waals surface area contributed by atoms with Crippen molar-refractivity contribution in [1.82, 2.24) is 5.32 Å². The Balaban J connectivity index is 0.000000606. The molecule has 1 nitrogen and oxygen atoms in total. The van der Waals surface area contributed by atoms with Crippen molar-refractivity contribution in [3.8, 4) is 0 Å². The van der Waals surface area contributed by atoms with E-state index in [0.717, 1.165) is 0 Å². The first-order chi connectivity index (χ1) is 7.56.